The fraction of sp³-hybridized carbons (Fsp3) is 1.00. The lowest BCUT2D eigenvalue weighted by atomic mass is 10.9. The van der Waals surface area contributed by atoms with Crippen LogP contribution in [0.25, 0.3) is 0 Å². The van der Waals surface area contributed by atoms with Gasteiger partial charge in [-0.2, -0.15) is 21.6 Å². The van der Waals surface area contributed by atoms with E-state index in [1.54, 1.807) is 0 Å². The number of hydrogen-bond acceptors (Lipinski definition) is 6. The molecule has 0 spiro atoms. The molecule has 0 rings (SSSR count). The van der Waals surface area contributed by atoms with Gasteiger partial charge in [-0.1, -0.05) is 4.13 Å². The van der Waals surface area contributed by atoms with E-state index < -0.39 is 32.6 Å². The van der Waals surface area contributed by atoms with E-state index >= 15 is 0 Å². The van der Waals surface area contributed by atoms with Gasteiger partial charge in [-0.3, -0.25) is 0 Å². The van der Waals surface area contributed by atoms with Crippen LogP contribution in [0.4, 0.5) is 13.2 Å². The van der Waals surface area contributed by atoms with Crippen molar-refractivity contribution in [3.05, 3.63) is 0 Å². The van der Waals surface area contributed by atoms with Crippen molar-refractivity contribution in [2.75, 3.05) is 13.4 Å². The van der Waals surface area contributed by atoms with Crippen LogP contribution in [0.3, 0.4) is 0 Å². The maximum atomic E-state index is 11.8. The molecule has 0 unspecified atom stereocenters. The molecule has 0 bridgehead atoms. The molecule has 0 heterocycles. The van der Waals surface area contributed by atoms with Crippen molar-refractivity contribution in [1.29, 1.82) is 0 Å². The predicted molar refractivity (Wildman–Crippen MR) is 44.6 cm³/mol. The average Bonchev–Trinajstić information content (AvgIpc) is 1.99. The highest BCUT2D eigenvalue weighted by Crippen LogP contribution is 2.22. The fourth-order valence-corrected chi connectivity index (χ4v) is 2.23. The molecule has 0 saturated carbocycles. The molecule has 0 aromatic carbocycles. The summed E-state index contributed by atoms with van der Waals surface area (Å²) in [6.07, 6.45) is 0. The zero-order valence-electron chi connectivity index (χ0n) is 7.81. The van der Waals surface area contributed by atoms with E-state index in [0.717, 1.165) is 0 Å². The summed E-state index contributed by atoms with van der Waals surface area (Å²) in [7, 11) is -11.1. The molecular formula is C4H8F3NO6S2. The van der Waals surface area contributed by atoms with Crippen LogP contribution in [0.15, 0.2) is 0 Å². The van der Waals surface area contributed by atoms with Gasteiger partial charge in [-0.25, -0.2) is 12.6 Å². The lowest BCUT2D eigenvalue weighted by Gasteiger charge is -2.09. The Labute approximate surface area is 89.8 Å². The quantitative estimate of drug-likeness (QED) is 0.531. The minimum absolute atomic E-state index is 0.0432. The first-order valence-electron chi connectivity index (χ1n) is 3.59. The molecule has 0 atom stereocenters. The smallest absolute Gasteiger partial charge is 0.354 e. The van der Waals surface area contributed by atoms with Crippen LogP contribution in [-0.2, 0) is 29.2 Å². The van der Waals surface area contributed by atoms with Crippen LogP contribution in [0.1, 0.15) is 6.92 Å². The Balaban J connectivity index is 4.62. The molecule has 0 aromatic rings. The van der Waals surface area contributed by atoms with Gasteiger partial charge in [0.1, 0.15) is 0 Å². The first-order chi connectivity index (χ1) is 7.02. The third-order valence-electron chi connectivity index (χ3n) is 1.01. The molecule has 0 radical (unpaired) electrons. The third-order valence-corrected chi connectivity index (χ3v) is 3.72. The summed E-state index contributed by atoms with van der Waals surface area (Å²) in [6.45, 7) is 0.622. The van der Waals surface area contributed by atoms with E-state index in [0.29, 0.717) is 4.13 Å². The normalized spacial score (nSPS) is 14.0. The Morgan fingerprint density at radius 3 is 2.06 bits per heavy atom. The Bertz CT molecular complexity index is 412. The average molecular weight is 287 g/mol. The van der Waals surface area contributed by atoms with Crippen LogP contribution in [0.2, 0.25) is 0 Å². The van der Waals surface area contributed by atoms with Gasteiger partial charge in [0, 0.05) is 6.61 Å². The van der Waals surface area contributed by atoms with Gasteiger partial charge in [0.25, 0.3) is 0 Å². The van der Waals surface area contributed by atoms with Gasteiger partial charge in [0.05, 0.1) is 0 Å². The highest BCUT2D eigenvalue weighted by Gasteiger charge is 2.48. The molecule has 1 N–H and O–H groups in total. The Morgan fingerprint density at radius 1 is 1.19 bits per heavy atom. The summed E-state index contributed by atoms with van der Waals surface area (Å²) in [5, 5.41) is 0. The number of hydrogen-bond donors (Lipinski definition) is 1. The largest absolute Gasteiger partial charge is 0.512 e. The van der Waals surface area contributed by atoms with Crippen molar-refractivity contribution in [3.63, 3.8) is 0 Å². The first kappa shape index (κ1) is 15.6. The number of nitrogens with one attached hydrogen (secondary N) is 1. The Hall–Kier alpha value is -0.430. The van der Waals surface area contributed by atoms with Crippen LogP contribution < -0.4 is 4.13 Å². The van der Waals surface area contributed by atoms with Crippen LogP contribution in [0.5, 0.6) is 0 Å². The summed E-state index contributed by atoms with van der Waals surface area (Å²) in [6, 6.07) is 0. The molecule has 12 heteroatoms. The van der Waals surface area contributed by atoms with Gasteiger partial charge >= 0.3 is 25.8 Å². The molecule has 0 fully saturated rings. The maximum absolute atomic E-state index is 11.8. The zero-order chi connectivity index (χ0) is 13.0. The molecule has 0 aliphatic carbocycles. The lowest BCUT2D eigenvalue weighted by Crippen LogP contribution is -2.41. The van der Waals surface area contributed by atoms with Crippen molar-refractivity contribution in [2.45, 2.75) is 12.4 Å². The standard InChI is InChI=1S/C4H8F3NO6S2/c1-2-13-3-14-16(11,12)8-15(9,10)4(5,6)7/h8H,2-3H2,1H3. The van der Waals surface area contributed by atoms with Crippen molar-refractivity contribution in [3.8, 4) is 0 Å². The van der Waals surface area contributed by atoms with Crippen molar-refractivity contribution >= 4 is 20.3 Å². The van der Waals surface area contributed by atoms with Gasteiger partial charge < -0.3 is 4.74 Å². The molecule has 7 nitrogen and oxygen atoms in total. The number of sulfonamides is 1. The molecule has 0 aromatic heterocycles. The van der Waals surface area contributed by atoms with Crippen molar-refractivity contribution in [1.82, 2.24) is 4.13 Å². The minimum Gasteiger partial charge on any atom is -0.354 e. The van der Waals surface area contributed by atoms with E-state index in [4.69, 9.17) is 0 Å². The first-order valence-corrected chi connectivity index (χ1v) is 6.48. The van der Waals surface area contributed by atoms with E-state index in [9.17, 15) is 30.0 Å². The predicted octanol–water partition coefficient (Wildman–Crippen LogP) is -0.319. The SMILES string of the molecule is CCOCOS(=O)(=O)NS(=O)(=O)C(F)(F)F. The highest BCUT2D eigenvalue weighted by atomic mass is 32.3. The lowest BCUT2D eigenvalue weighted by molar-refractivity contribution is -0.0444. The van der Waals surface area contributed by atoms with Gasteiger partial charge in [-0.05, 0) is 6.92 Å². The summed E-state index contributed by atoms with van der Waals surface area (Å²) >= 11 is 0. The van der Waals surface area contributed by atoms with E-state index in [2.05, 4.69) is 8.92 Å². The molecule has 0 amide bonds. The van der Waals surface area contributed by atoms with Crippen molar-refractivity contribution in [2.24, 2.45) is 0 Å². The number of alkyl halides is 3. The zero-order valence-corrected chi connectivity index (χ0v) is 9.45. The second kappa shape index (κ2) is 5.27. The van der Waals surface area contributed by atoms with E-state index in [-0.39, 0.29) is 6.61 Å². The molecule has 0 saturated heterocycles. The number of ether oxygens (including phenoxy) is 1. The van der Waals surface area contributed by atoms with Crippen LogP contribution >= 0.6 is 0 Å². The molecule has 0 aliphatic heterocycles. The summed E-state index contributed by atoms with van der Waals surface area (Å²) in [5.41, 5.74) is -5.74. The molecular weight excluding hydrogens is 279 g/mol. The minimum atomic E-state index is -6.01. The highest BCUT2D eigenvalue weighted by molar-refractivity contribution is 8.03. The summed E-state index contributed by atoms with van der Waals surface area (Å²) < 4.78 is 85.8. The topological polar surface area (TPSA) is 98.8 Å². The molecule has 0 aliphatic rings. The van der Waals surface area contributed by atoms with Gasteiger partial charge in [-0.15, -0.1) is 0 Å². The maximum Gasteiger partial charge on any atom is 0.512 e. The Morgan fingerprint density at radius 2 is 1.69 bits per heavy atom. The van der Waals surface area contributed by atoms with Gasteiger partial charge in [0.15, 0.2) is 6.79 Å². The van der Waals surface area contributed by atoms with Crippen LogP contribution in [-0.4, -0.2) is 35.7 Å². The Kier molecular flexibility index (Phi) is 5.13. The number of halogens is 3. The van der Waals surface area contributed by atoms with E-state index in [1.807, 2.05) is 0 Å². The molecule has 16 heavy (non-hydrogen) atoms. The summed E-state index contributed by atoms with van der Waals surface area (Å²) in [5.74, 6) is 0. The van der Waals surface area contributed by atoms with E-state index in [1.165, 1.54) is 6.92 Å². The monoisotopic (exact) mass is 287 g/mol. The second-order valence-corrected chi connectivity index (χ2v) is 5.50. The summed E-state index contributed by atoms with van der Waals surface area (Å²) in [4.78, 5) is 0. The third kappa shape index (κ3) is 5.07. The second-order valence-electron chi connectivity index (χ2n) is 2.22. The van der Waals surface area contributed by atoms with Gasteiger partial charge in [0.2, 0.25) is 0 Å². The number of rotatable bonds is 6. The molecule has 98 valence electrons. The van der Waals surface area contributed by atoms with Crippen LogP contribution in [0, 0.1) is 0 Å². The fourth-order valence-electron chi connectivity index (χ4n) is 0.386. The van der Waals surface area contributed by atoms with Crippen molar-refractivity contribution < 1.29 is 38.9 Å².